The molecule has 0 N–H and O–H groups in total. The van der Waals surface area contributed by atoms with E-state index in [0.29, 0.717) is 19.0 Å². The molecular formula is C22H30N6O3. The minimum atomic E-state index is -0.517. The van der Waals surface area contributed by atoms with Crippen molar-refractivity contribution in [3.8, 4) is 17.0 Å². The summed E-state index contributed by atoms with van der Waals surface area (Å²) in [5.74, 6) is 0.751. The van der Waals surface area contributed by atoms with Gasteiger partial charge in [0.05, 0.1) is 25.2 Å². The Morgan fingerprint density at radius 3 is 2.65 bits per heavy atom. The third-order valence-corrected chi connectivity index (χ3v) is 5.54. The molecule has 0 bridgehead atoms. The van der Waals surface area contributed by atoms with Gasteiger partial charge in [-0.25, -0.2) is 9.78 Å². The van der Waals surface area contributed by atoms with Crippen molar-refractivity contribution in [2.75, 3.05) is 20.2 Å². The molecule has 9 heteroatoms. The van der Waals surface area contributed by atoms with E-state index in [1.54, 1.807) is 33.6 Å². The molecule has 0 saturated carbocycles. The zero-order valence-electron chi connectivity index (χ0n) is 19.0. The van der Waals surface area contributed by atoms with Crippen molar-refractivity contribution in [3.63, 3.8) is 0 Å². The first-order valence-corrected chi connectivity index (χ1v) is 10.6. The molecule has 166 valence electrons. The van der Waals surface area contributed by atoms with Crippen molar-refractivity contribution in [3.05, 3.63) is 29.8 Å². The number of fused-ring (bicyclic) bond motifs is 1. The molecule has 4 rings (SSSR count). The Hall–Kier alpha value is -3.10. The van der Waals surface area contributed by atoms with E-state index in [-0.39, 0.29) is 12.0 Å². The maximum absolute atomic E-state index is 12.6. The minimum absolute atomic E-state index is 0.0943. The number of hydrogen-bond donors (Lipinski definition) is 0. The Morgan fingerprint density at radius 2 is 2.00 bits per heavy atom. The highest BCUT2D eigenvalue weighted by Gasteiger charge is 2.31. The molecule has 0 spiro atoms. The van der Waals surface area contributed by atoms with Crippen molar-refractivity contribution < 1.29 is 14.3 Å². The van der Waals surface area contributed by atoms with Gasteiger partial charge >= 0.3 is 6.09 Å². The van der Waals surface area contributed by atoms with E-state index in [2.05, 4.69) is 10.2 Å². The Balaban J connectivity index is 1.73. The fourth-order valence-electron chi connectivity index (χ4n) is 4.16. The van der Waals surface area contributed by atoms with Crippen LogP contribution in [-0.4, -0.2) is 61.2 Å². The molecule has 0 aromatic carbocycles. The van der Waals surface area contributed by atoms with Gasteiger partial charge in [0.15, 0.2) is 5.65 Å². The van der Waals surface area contributed by atoms with E-state index >= 15 is 0 Å². The molecule has 3 aromatic rings. The third kappa shape index (κ3) is 4.08. The molecule has 4 heterocycles. The number of amides is 1. The number of rotatable bonds is 3. The Kier molecular flexibility index (Phi) is 5.36. The molecule has 1 unspecified atom stereocenters. The Bertz CT molecular complexity index is 1110. The van der Waals surface area contributed by atoms with Crippen LogP contribution in [0.15, 0.2) is 18.6 Å². The third-order valence-electron chi connectivity index (χ3n) is 5.54. The summed E-state index contributed by atoms with van der Waals surface area (Å²) in [6.45, 7) is 8.91. The molecule has 0 radical (unpaired) electrons. The van der Waals surface area contributed by atoms with E-state index in [4.69, 9.17) is 14.5 Å². The van der Waals surface area contributed by atoms with Gasteiger partial charge in [-0.1, -0.05) is 0 Å². The summed E-state index contributed by atoms with van der Waals surface area (Å²) in [5, 5.41) is 8.79. The highest BCUT2D eigenvalue weighted by atomic mass is 16.6. The zero-order chi connectivity index (χ0) is 22.3. The van der Waals surface area contributed by atoms with Crippen LogP contribution in [0.3, 0.4) is 0 Å². The second-order valence-electron chi connectivity index (χ2n) is 9.09. The Labute approximate surface area is 182 Å². The van der Waals surface area contributed by atoms with Gasteiger partial charge in [0.2, 0.25) is 5.88 Å². The van der Waals surface area contributed by atoms with E-state index in [0.717, 1.165) is 40.9 Å². The highest BCUT2D eigenvalue weighted by Crippen LogP contribution is 2.35. The predicted molar refractivity (Wildman–Crippen MR) is 116 cm³/mol. The molecule has 1 amide bonds. The lowest BCUT2D eigenvalue weighted by molar-refractivity contribution is 0.0197. The van der Waals surface area contributed by atoms with E-state index in [1.165, 1.54) is 0 Å². The van der Waals surface area contributed by atoms with Crippen molar-refractivity contribution in [2.45, 2.75) is 52.1 Å². The first kappa shape index (κ1) is 21.1. The fraction of sp³-hybridized carbons (Fsp3) is 0.545. The van der Waals surface area contributed by atoms with Crippen LogP contribution < -0.4 is 4.74 Å². The quantitative estimate of drug-likeness (QED) is 0.636. The highest BCUT2D eigenvalue weighted by molar-refractivity contribution is 5.77. The lowest BCUT2D eigenvalue weighted by atomic mass is 9.92. The largest absolute Gasteiger partial charge is 0.481 e. The van der Waals surface area contributed by atoms with Crippen LogP contribution in [0.2, 0.25) is 0 Å². The van der Waals surface area contributed by atoms with Crippen LogP contribution >= 0.6 is 0 Å². The summed E-state index contributed by atoms with van der Waals surface area (Å²) in [7, 11) is 3.52. The average Bonchev–Trinajstić information content (AvgIpc) is 3.32. The number of hydrogen-bond acceptors (Lipinski definition) is 6. The second kappa shape index (κ2) is 7.86. The maximum Gasteiger partial charge on any atom is 0.410 e. The molecule has 1 aliphatic heterocycles. The number of methoxy groups -OCH3 is 1. The van der Waals surface area contributed by atoms with Crippen molar-refractivity contribution in [1.29, 1.82) is 0 Å². The molecular weight excluding hydrogens is 396 g/mol. The van der Waals surface area contributed by atoms with Gasteiger partial charge in [-0.3, -0.25) is 4.68 Å². The van der Waals surface area contributed by atoms with Gasteiger partial charge in [0.1, 0.15) is 5.60 Å². The van der Waals surface area contributed by atoms with Gasteiger partial charge in [0.25, 0.3) is 0 Å². The molecule has 9 nitrogen and oxygen atoms in total. The summed E-state index contributed by atoms with van der Waals surface area (Å²) < 4.78 is 14.8. The van der Waals surface area contributed by atoms with E-state index in [9.17, 15) is 4.79 Å². The first-order valence-electron chi connectivity index (χ1n) is 10.6. The smallest absolute Gasteiger partial charge is 0.410 e. The number of carbonyl (C=O) groups excluding carboxylic acids is 1. The molecule has 1 aliphatic rings. The summed E-state index contributed by atoms with van der Waals surface area (Å²) in [6.07, 6.45) is 7.10. The predicted octanol–water partition coefficient (Wildman–Crippen LogP) is 3.56. The Morgan fingerprint density at radius 1 is 1.23 bits per heavy atom. The maximum atomic E-state index is 12.6. The standard InChI is InChI=1S/C22H30N6O3/c1-14-18(15-8-7-9-27(13-15)21(29)31-22(2,3)4)25-19-17(16-10-23-26(5)12-16)11-24-28(19)20(14)30-6/h10-12,15H,7-9,13H2,1-6H3. The zero-order valence-corrected chi connectivity index (χ0v) is 19.0. The molecule has 0 aliphatic carbocycles. The summed E-state index contributed by atoms with van der Waals surface area (Å²) in [6, 6.07) is 0. The topological polar surface area (TPSA) is 86.8 Å². The van der Waals surface area contributed by atoms with Gasteiger partial charge in [-0.15, -0.1) is 0 Å². The molecule has 1 atom stereocenters. The molecule has 1 fully saturated rings. The minimum Gasteiger partial charge on any atom is -0.481 e. The normalized spacial score (nSPS) is 17.2. The average molecular weight is 427 g/mol. The van der Waals surface area contributed by atoms with Crippen LogP contribution in [0, 0.1) is 6.92 Å². The van der Waals surface area contributed by atoms with E-state index < -0.39 is 5.60 Å². The first-order chi connectivity index (χ1) is 14.7. The molecule has 1 saturated heterocycles. The summed E-state index contributed by atoms with van der Waals surface area (Å²) >= 11 is 0. The fourth-order valence-corrected chi connectivity index (χ4v) is 4.16. The van der Waals surface area contributed by atoms with Crippen molar-refractivity contribution >= 4 is 11.7 Å². The van der Waals surface area contributed by atoms with Crippen LogP contribution in [-0.2, 0) is 11.8 Å². The van der Waals surface area contributed by atoms with Gasteiger partial charge < -0.3 is 14.4 Å². The van der Waals surface area contributed by atoms with Crippen LogP contribution in [0.25, 0.3) is 16.8 Å². The lowest BCUT2D eigenvalue weighted by Gasteiger charge is -2.34. The van der Waals surface area contributed by atoms with Gasteiger partial charge in [-0.05, 0) is 40.5 Å². The lowest BCUT2D eigenvalue weighted by Crippen LogP contribution is -2.42. The van der Waals surface area contributed by atoms with Crippen LogP contribution in [0.5, 0.6) is 5.88 Å². The number of nitrogens with zero attached hydrogens (tertiary/aromatic N) is 6. The van der Waals surface area contributed by atoms with Gasteiger partial charge in [-0.2, -0.15) is 14.7 Å². The van der Waals surface area contributed by atoms with Crippen molar-refractivity contribution in [2.24, 2.45) is 7.05 Å². The van der Waals surface area contributed by atoms with Crippen molar-refractivity contribution in [1.82, 2.24) is 29.3 Å². The monoisotopic (exact) mass is 426 g/mol. The second-order valence-corrected chi connectivity index (χ2v) is 9.09. The number of piperidine rings is 1. The number of ether oxygens (including phenoxy) is 2. The van der Waals surface area contributed by atoms with Crippen LogP contribution in [0.4, 0.5) is 4.79 Å². The molecule has 31 heavy (non-hydrogen) atoms. The number of carbonyl (C=O) groups is 1. The summed E-state index contributed by atoms with van der Waals surface area (Å²) in [4.78, 5) is 19.5. The number of aromatic nitrogens is 5. The SMILES string of the molecule is COc1c(C)c(C2CCCN(C(=O)OC(C)(C)C)C2)nc2c(-c3cnn(C)c3)cnn12. The van der Waals surface area contributed by atoms with Gasteiger partial charge in [0, 0.05) is 48.9 Å². The number of likely N-dealkylation sites (tertiary alicyclic amines) is 1. The van der Waals surface area contributed by atoms with E-state index in [1.807, 2.05) is 40.9 Å². The van der Waals surface area contributed by atoms with Crippen LogP contribution in [0.1, 0.15) is 50.8 Å². The molecule has 3 aromatic heterocycles. The number of aryl methyl sites for hydroxylation is 1. The summed E-state index contributed by atoms with van der Waals surface area (Å²) in [5.41, 5.74) is 3.92.